The average molecular weight is 453 g/mol. The minimum atomic E-state index is -0.406. The molecule has 3 aromatic rings. The van der Waals surface area contributed by atoms with Crippen LogP contribution in [0.25, 0.3) is 0 Å². The van der Waals surface area contributed by atoms with E-state index in [4.69, 9.17) is 30.8 Å². The van der Waals surface area contributed by atoms with Crippen LogP contribution in [0, 0.1) is 0 Å². The van der Waals surface area contributed by atoms with E-state index in [1.807, 2.05) is 0 Å². The molecule has 32 heavy (non-hydrogen) atoms. The van der Waals surface area contributed by atoms with Crippen molar-refractivity contribution in [3.05, 3.63) is 66.1 Å². The lowest BCUT2D eigenvalue weighted by molar-refractivity contribution is 0.0973. The third-order valence-electron chi connectivity index (χ3n) is 4.48. The first-order valence-corrected chi connectivity index (χ1v) is 9.99. The van der Waals surface area contributed by atoms with Gasteiger partial charge < -0.3 is 29.3 Å². The number of methoxy groups -OCH3 is 1. The molecule has 2 heterocycles. The van der Waals surface area contributed by atoms with E-state index in [9.17, 15) is 9.59 Å². The number of carbonyl (C=O) groups excluding carboxylic acids is 2. The van der Waals surface area contributed by atoms with Gasteiger partial charge in [0, 0.05) is 17.3 Å². The van der Waals surface area contributed by atoms with Crippen LogP contribution in [0.15, 0.2) is 59.2 Å². The van der Waals surface area contributed by atoms with Crippen LogP contribution in [-0.4, -0.2) is 37.3 Å². The lowest BCUT2D eigenvalue weighted by Crippen LogP contribution is -2.34. The van der Waals surface area contributed by atoms with E-state index in [1.165, 1.54) is 13.4 Å². The summed E-state index contributed by atoms with van der Waals surface area (Å²) in [7, 11) is 1.48. The van der Waals surface area contributed by atoms with Gasteiger partial charge in [-0.1, -0.05) is 0 Å². The molecule has 0 unspecified atom stereocenters. The van der Waals surface area contributed by atoms with Gasteiger partial charge in [0.1, 0.15) is 19.0 Å². The highest BCUT2D eigenvalue weighted by Crippen LogP contribution is 2.31. The SMILES string of the molecule is COc1cc(NC(=S)NC(=O)c2ccc3c(c2)OCCO3)ccc1NC(=O)c1ccco1. The minimum absolute atomic E-state index is 0.0966. The molecule has 1 aliphatic heterocycles. The molecule has 0 bridgehead atoms. The second-order valence-electron chi connectivity index (χ2n) is 6.61. The molecule has 0 fully saturated rings. The van der Waals surface area contributed by atoms with Crippen molar-refractivity contribution in [2.45, 2.75) is 0 Å². The highest BCUT2D eigenvalue weighted by Gasteiger charge is 2.16. The minimum Gasteiger partial charge on any atom is -0.494 e. The van der Waals surface area contributed by atoms with Gasteiger partial charge in [-0.2, -0.15) is 0 Å². The number of amides is 2. The Labute approximate surface area is 188 Å². The van der Waals surface area contributed by atoms with Gasteiger partial charge in [0.2, 0.25) is 0 Å². The molecule has 9 nitrogen and oxygen atoms in total. The fourth-order valence-corrected chi connectivity index (χ4v) is 3.20. The summed E-state index contributed by atoms with van der Waals surface area (Å²) in [6.07, 6.45) is 1.42. The maximum atomic E-state index is 12.5. The number of furan rings is 1. The summed E-state index contributed by atoms with van der Waals surface area (Å²) in [5, 5.41) is 8.35. The van der Waals surface area contributed by atoms with Crippen LogP contribution in [-0.2, 0) is 0 Å². The van der Waals surface area contributed by atoms with Gasteiger partial charge in [-0.05, 0) is 54.7 Å². The molecular formula is C22H19N3O6S. The molecular weight excluding hydrogens is 434 g/mol. The molecule has 2 amide bonds. The summed E-state index contributed by atoms with van der Waals surface area (Å²) in [5.41, 5.74) is 1.39. The Bertz CT molecular complexity index is 1160. The van der Waals surface area contributed by atoms with E-state index in [1.54, 1.807) is 48.5 Å². The van der Waals surface area contributed by atoms with Crippen LogP contribution in [0.1, 0.15) is 20.9 Å². The summed E-state index contributed by atoms with van der Waals surface area (Å²) in [6, 6.07) is 13.1. The molecule has 0 saturated heterocycles. The Morgan fingerprint density at radius 3 is 2.53 bits per heavy atom. The van der Waals surface area contributed by atoms with Crippen LogP contribution in [0.4, 0.5) is 11.4 Å². The molecule has 0 aliphatic carbocycles. The van der Waals surface area contributed by atoms with Crippen molar-refractivity contribution in [2.24, 2.45) is 0 Å². The van der Waals surface area contributed by atoms with Gasteiger partial charge >= 0.3 is 0 Å². The Hall–Kier alpha value is -4.05. The van der Waals surface area contributed by atoms with Gasteiger partial charge in [0.25, 0.3) is 11.8 Å². The number of nitrogens with one attached hydrogen (secondary N) is 3. The lowest BCUT2D eigenvalue weighted by Gasteiger charge is -2.18. The monoisotopic (exact) mass is 453 g/mol. The topological polar surface area (TPSA) is 111 Å². The third kappa shape index (κ3) is 4.81. The molecule has 0 radical (unpaired) electrons. The van der Waals surface area contributed by atoms with E-state index in [0.29, 0.717) is 47.4 Å². The number of hydrogen-bond donors (Lipinski definition) is 3. The van der Waals surface area contributed by atoms with Crippen molar-refractivity contribution in [3.8, 4) is 17.2 Å². The van der Waals surface area contributed by atoms with Crippen molar-refractivity contribution >= 4 is 40.5 Å². The van der Waals surface area contributed by atoms with Gasteiger partial charge in [0.05, 0.1) is 19.1 Å². The van der Waals surface area contributed by atoms with E-state index in [0.717, 1.165) is 0 Å². The maximum Gasteiger partial charge on any atom is 0.291 e. The van der Waals surface area contributed by atoms with Gasteiger partial charge in [-0.15, -0.1) is 0 Å². The summed E-state index contributed by atoms with van der Waals surface area (Å²) in [6.45, 7) is 0.902. The standard InChI is InChI=1S/C22H19N3O6S/c1-28-18-12-14(5-6-15(18)24-21(27)17-3-2-8-29-17)23-22(32)25-20(26)13-4-7-16-19(11-13)31-10-9-30-16/h2-8,11-12H,9-10H2,1H3,(H,24,27)(H2,23,25,26,32). The van der Waals surface area contributed by atoms with Crippen LogP contribution in [0.2, 0.25) is 0 Å². The maximum absolute atomic E-state index is 12.5. The van der Waals surface area contributed by atoms with Crippen molar-refractivity contribution in [2.75, 3.05) is 31.0 Å². The van der Waals surface area contributed by atoms with Crippen LogP contribution >= 0.6 is 12.2 Å². The van der Waals surface area contributed by atoms with Gasteiger partial charge in [-0.3, -0.25) is 14.9 Å². The predicted octanol–water partition coefficient (Wildman–Crippen LogP) is 3.44. The Balaban J connectivity index is 1.39. The predicted molar refractivity (Wildman–Crippen MR) is 121 cm³/mol. The first-order valence-electron chi connectivity index (χ1n) is 9.58. The molecule has 0 saturated carbocycles. The Kier molecular flexibility index (Phi) is 6.22. The molecule has 0 spiro atoms. The van der Waals surface area contributed by atoms with Crippen LogP contribution < -0.4 is 30.2 Å². The zero-order chi connectivity index (χ0) is 22.5. The summed E-state index contributed by atoms with van der Waals surface area (Å²) in [5.74, 6) is 0.887. The Morgan fingerprint density at radius 2 is 1.78 bits per heavy atom. The lowest BCUT2D eigenvalue weighted by atomic mass is 10.2. The molecule has 10 heteroatoms. The third-order valence-corrected chi connectivity index (χ3v) is 4.69. The number of anilines is 2. The van der Waals surface area contributed by atoms with E-state index < -0.39 is 11.8 Å². The first-order chi connectivity index (χ1) is 15.5. The second kappa shape index (κ2) is 9.40. The summed E-state index contributed by atoms with van der Waals surface area (Å²) >= 11 is 5.25. The van der Waals surface area contributed by atoms with E-state index in [-0.39, 0.29) is 10.9 Å². The number of carbonyl (C=O) groups is 2. The molecule has 4 rings (SSSR count). The molecule has 2 aromatic carbocycles. The fraction of sp³-hybridized carbons (Fsp3) is 0.136. The Morgan fingerprint density at radius 1 is 0.969 bits per heavy atom. The second-order valence-corrected chi connectivity index (χ2v) is 7.02. The number of benzene rings is 2. The van der Waals surface area contributed by atoms with Crippen molar-refractivity contribution in [1.82, 2.24) is 5.32 Å². The highest BCUT2D eigenvalue weighted by molar-refractivity contribution is 7.80. The number of thiocarbonyl (C=S) groups is 1. The molecule has 164 valence electrons. The normalized spacial score (nSPS) is 11.9. The number of ether oxygens (including phenoxy) is 3. The largest absolute Gasteiger partial charge is 0.494 e. The fourth-order valence-electron chi connectivity index (χ4n) is 2.99. The average Bonchev–Trinajstić information content (AvgIpc) is 3.35. The van der Waals surface area contributed by atoms with Crippen LogP contribution in [0.3, 0.4) is 0 Å². The molecule has 0 atom stereocenters. The van der Waals surface area contributed by atoms with E-state index >= 15 is 0 Å². The zero-order valence-corrected chi connectivity index (χ0v) is 17.8. The highest BCUT2D eigenvalue weighted by atomic mass is 32.1. The van der Waals surface area contributed by atoms with Crippen molar-refractivity contribution in [3.63, 3.8) is 0 Å². The molecule has 1 aromatic heterocycles. The van der Waals surface area contributed by atoms with Crippen LogP contribution in [0.5, 0.6) is 17.2 Å². The summed E-state index contributed by atoms with van der Waals surface area (Å²) in [4.78, 5) is 24.7. The summed E-state index contributed by atoms with van der Waals surface area (Å²) < 4.78 is 21.4. The number of rotatable bonds is 5. The van der Waals surface area contributed by atoms with Gasteiger partial charge in [-0.25, -0.2) is 0 Å². The number of hydrogen-bond acceptors (Lipinski definition) is 7. The first kappa shape index (κ1) is 21.2. The molecule has 3 N–H and O–H groups in total. The van der Waals surface area contributed by atoms with Crippen molar-refractivity contribution < 1.29 is 28.2 Å². The zero-order valence-electron chi connectivity index (χ0n) is 17.0. The van der Waals surface area contributed by atoms with Crippen molar-refractivity contribution in [1.29, 1.82) is 0 Å². The quantitative estimate of drug-likeness (QED) is 0.504. The van der Waals surface area contributed by atoms with Gasteiger partial charge in [0.15, 0.2) is 22.4 Å². The van der Waals surface area contributed by atoms with E-state index in [2.05, 4.69) is 16.0 Å². The molecule has 1 aliphatic rings. The smallest absolute Gasteiger partial charge is 0.291 e. The number of fused-ring (bicyclic) bond motifs is 1.